The van der Waals surface area contributed by atoms with Gasteiger partial charge < -0.3 is 9.64 Å². The highest BCUT2D eigenvalue weighted by Crippen LogP contribution is 2.35. The predicted molar refractivity (Wildman–Crippen MR) is 66.6 cm³/mol. The summed E-state index contributed by atoms with van der Waals surface area (Å²) in [7, 11) is 0. The Morgan fingerprint density at radius 3 is 3.00 bits per heavy atom. The van der Waals surface area contributed by atoms with Gasteiger partial charge in [-0.05, 0) is 47.5 Å². The molecule has 16 heavy (non-hydrogen) atoms. The predicted octanol–water partition coefficient (Wildman–Crippen LogP) is 2.51. The van der Waals surface area contributed by atoms with Gasteiger partial charge in [0.1, 0.15) is 6.04 Å². The maximum atomic E-state index is 11.5. The molecule has 0 amide bonds. The third-order valence-electron chi connectivity index (χ3n) is 2.58. The van der Waals surface area contributed by atoms with Gasteiger partial charge in [0.05, 0.1) is 18.8 Å². The van der Waals surface area contributed by atoms with E-state index in [2.05, 4.69) is 22.0 Å². The fourth-order valence-corrected chi connectivity index (χ4v) is 2.41. The molecule has 0 radical (unpaired) electrons. The summed E-state index contributed by atoms with van der Waals surface area (Å²) in [5.41, 5.74) is 2.26. The zero-order chi connectivity index (χ0) is 11.7. The lowest BCUT2D eigenvalue weighted by molar-refractivity contribution is -0.142. The summed E-state index contributed by atoms with van der Waals surface area (Å²) < 4.78 is 6.01. The van der Waals surface area contributed by atoms with Crippen molar-refractivity contribution in [2.75, 3.05) is 18.1 Å². The summed E-state index contributed by atoms with van der Waals surface area (Å²) in [4.78, 5) is 13.5. The number of hydrogen-bond acceptors (Lipinski definition) is 3. The second-order valence-electron chi connectivity index (χ2n) is 3.88. The van der Waals surface area contributed by atoms with Gasteiger partial charge in [-0.1, -0.05) is 6.07 Å². The van der Waals surface area contributed by atoms with E-state index in [-0.39, 0.29) is 12.0 Å². The van der Waals surface area contributed by atoms with Crippen molar-refractivity contribution in [1.29, 1.82) is 0 Å². The Morgan fingerprint density at radius 2 is 2.38 bits per heavy atom. The molecule has 1 aliphatic rings. The maximum Gasteiger partial charge on any atom is 0.330 e. The molecule has 0 aromatic heterocycles. The molecular formula is C12H14BrNO2. The van der Waals surface area contributed by atoms with Crippen LogP contribution in [0.1, 0.15) is 12.5 Å². The first kappa shape index (κ1) is 11.5. The molecule has 3 nitrogen and oxygen atoms in total. The number of carbonyl (C=O) groups is 1. The molecule has 1 aromatic rings. The largest absolute Gasteiger partial charge is 0.464 e. The van der Waals surface area contributed by atoms with Crippen molar-refractivity contribution in [2.24, 2.45) is 0 Å². The number of esters is 1. The molecule has 1 aromatic carbocycles. The Hall–Kier alpha value is -1.03. The van der Waals surface area contributed by atoms with E-state index in [0.29, 0.717) is 6.61 Å². The van der Waals surface area contributed by atoms with Gasteiger partial charge in [-0.2, -0.15) is 0 Å². The van der Waals surface area contributed by atoms with Gasteiger partial charge in [0, 0.05) is 4.47 Å². The Kier molecular flexibility index (Phi) is 3.19. The third-order valence-corrected chi connectivity index (χ3v) is 3.22. The van der Waals surface area contributed by atoms with Crippen LogP contribution in [0.2, 0.25) is 0 Å². The second-order valence-corrected chi connectivity index (χ2v) is 4.73. The van der Waals surface area contributed by atoms with Crippen LogP contribution in [0.5, 0.6) is 0 Å². The van der Waals surface area contributed by atoms with Crippen LogP contribution in [0, 0.1) is 6.92 Å². The van der Waals surface area contributed by atoms with Gasteiger partial charge in [-0.25, -0.2) is 4.79 Å². The van der Waals surface area contributed by atoms with E-state index < -0.39 is 0 Å². The average molecular weight is 284 g/mol. The summed E-state index contributed by atoms with van der Waals surface area (Å²) in [5.74, 6) is -0.130. The Morgan fingerprint density at radius 1 is 1.62 bits per heavy atom. The van der Waals surface area contributed by atoms with Crippen molar-refractivity contribution in [3.63, 3.8) is 0 Å². The normalized spacial score (nSPS) is 18.4. The molecule has 1 unspecified atom stereocenters. The number of nitrogens with zero attached hydrogens (tertiary/aromatic N) is 1. The van der Waals surface area contributed by atoms with Gasteiger partial charge in [0.25, 0.3) is 0 Å². The molecule has 0 N–H and O–H groups in total. The Labute approximate surface area is 104 Å². The highest BCUT2D eigenvalue weighted by molar-refractivity contribution is 9.10. The first-order valence-electron chi connectivity index (χ1n) is 5.33. The molecule has 1 saturated heterocycles. The standard InChI is InChI=1S/C12H14BrNO2/c1-3-16-12(15)11-7-14(11)10-5-4-8(2)6-9(10)13/h4-6,11H,3,7H2,1-2H3. The topological polar surface area (TPSA) is 29.3 Å². The van der Waals surface area contributed by atoms with E-state index in [1.165, 1.54) is 5.56 Å². The van der Waals surface area contributed by atoms with Gasteiger partial charge in [0.15, 0.2) is 0 Å². The van der Waals surface area contributed by atoms with E-state index in [1.807, 2.05) is 30.9 Å². The summed E-state index contributed by atoms with van der Waals surface area (Å²) in [6.45, 7) is 5.06. The molecule has 4 heteroatoms. The maximum absolute atomic E-state index is 11.5. The second kappa shape index (κ2) is 4.45. The van der Waals surface area contributed by atoms with Crippen molar-refractivity contribution in [3.8, 4) is 0 Å². The lowest BCUT2D eigenvalue weighted by atomic mass is 10.2. The zero-order valence-electron chi connectivity index (χ0n) is 9.37. The minimum absolute atomic E-state index is 0.0982. The molecule has 0 spiro atoms. The van der Waals surface area contributed by atoms with E-state index in [0.717, 1.165) is 16.7 Å². The fraction of sp³-hybridized carbons (Fsp3) is 0.417. The van der Waals surface area contributed by atoms with Gasteiger partial charge in [-0.15, -0.1) is 0 Å². The number of carbonyl (C=O) groups excluding carboxylic acids is 1. The summed E-state index contributed by atoms with van der Waals surface area (Å²) in [5, 5.41) is 0. The number of hydrogen-bond donors (Lipinski definition) is 0. The SMILES string of the molecule is CCOC(=O)C1CN1c1ccc(C)cc1Br. The van der Waals surface area contributed by atoms with Crippen LogP contribution in [0.15, 0.2) is 22.7 Å². The van der Waals surface area contributed by atoms with Gasteiger partial charge >= 0.3 is 5.97 Å². The fourth-order valence-electron chi connectivity index (χ4n) is 1.69. The lowest BCUT2D eigenvalue weighted by Gasteiger charge is -2.08. The highest BCUT2D eigenvalue weighted by atomic mass is 79.9. The number of benzene rings is 1. The smallest absolute Gasteiger partial charge is 0.330 e. The van der Waals surface area contributed by atoms with E-state index in [4.69, 9.17) is 4.74 Å². The molecule has 1 fully saturated rings. The quantitative estimate of drug-likeness (QED) is 0.631. The van der Waals surface area contributed by atoms with Crippen LogP contribution in [0.4, 0.5) is 5.69 Å². The molecule has 86 valence electrons. The van der Waals surface area contributed by atoms with Gasteiger partial charge in [0.2, 0.25) is 0 Å². The van der Waals surface area contributed by atoms with Crippen molar-refractivity contribution in [2.45, 2.75) is 19.9 Å². The van der Waals surface area contributed by atoms with Crippen LogP contribution >= 0.6 is 15.9 Å². The molecule has 1 heterocycles. The molecule has 0 bridgehead atoms. The van der Waals surface area contributed by atoms with Crippen molar-refractivity contribution in [1.82, 2.24) is 0 Å². The summed E-state index contributed by atoms with van der Waals surface area (Å²) in [6, 6.07) is 6.02. The lowest BCUT2D eigenvalue weighted by Crippen LogP contribution is -2.16. The molecule has 0 saturated carbocycles. The number of ether oxygens (including phenoxy) is 1. The third kappa shape index (κ3) is 2.21. The Balaban J connectivity index is 2.08. The van der Waals surface area contributed by atoms with Crippen LogP contribution in [0.3, 0.4) is 0 Å². The number of halogens is 1. The zero-order valence-corrected chi connectivity index (χ0v) is 11.0. The molecule has 1 aliphatic heterocycles. The average Bonchev–Trinajstić information content (AvgIpc) is 2.98. The van der Waals surface area contributed by atoms with Gasteiger partial charge in [-0.3, -0.25) is 0 Å². The van der Waals surface area contributed by atoms with E-state index in [9.17, 15) is 4.79 Å². The van der Waals surface area contributed by atoms with Crippen LogP contribution in [-0.4, -0.2) is 25.2 Å². The Bertz CT molecular complexity index is 419. The molecule has 2 rings (SSSR count). The van der Waals surface area contributed by atoms with Crippen LogP contribution in [-0.2, 0) is 9.53 Å². The summed E-state index contributed by atoms with van der Waals surface area (Å²) >= 11 is 3.51. The van der Waals surface area contributed by atoms with Crippen molar-refractivity contribution < 1.29 is 9.53 Å². The monoisotopic (exact) mass is 283 g/mol. The number of aryl methyl sites for hydroxylation is 1. The van der Waals surface area contributed by atoms with Crippen LogP contribution in [0.25, 0.3) is 0 Å². The van der Waals surface area contributed by atoms with Crippen molar-refractivity contribution >= 4 is 27.6 Å². The number of anilines is 1. The minimum atomic E-state index is -0.130. The highest BCUT2D eigenvalue weighted by Gasteiger charge is 2.42. The first-order valence-corrected chi connectivity index (χ1v) is 6.12. The first-order chi connectivity index (χ1) is 7.63. The van der Waals surface area contributed by atoms with Crippen LogP contribution < -0.4 is 4.90 Å². The minimum Gasteiger partial charge on any atom is -0.464 e. The molecule has 1 atom stereocenters. The molecule has 0 aliphatic carbocycles. The van der Waals surface area contributed by atoms with E-state index >= 15 is 0 Å². The van der Waals surface area contributed by atoms with E-state index in [1.54, 1.807) is 0 Å². The molecular weight excluding hydrogens is 270 g/mol. The number of rotatable bonds is 3. The summed E-state index contributed by atoms with van der Waals surface area (Å²) in [6.07, 6.45) is 0. The van der Waals surface area contributed by atoms with Crippen molar-refractivity contribution in [3.05, 3.63) is 28.2 Å².